The van der Waals surface area contributed by atoms with Crippen molar-refractivity contribution < 1.29 is 28.9 Å². The normalized spacial score (nSPS) is 12.1. The molecule has 0 radical (unpaired) electrons. The third kappa shape index (κ3) is 13.9. The van der Waals surface area contributed by atoms with Gasteiger partial charge in [-0.3, -0.25) is 9.59 Å². The molecule has 21 heavy (non-hydrogen) atoms. The molecule has 0 aliphatic carbocycles. The lowest BCUT2D eigenvalue weighted by atomic mass is 10.2. The second kappa shape index (κ2) is 14.2. The number of methoxy groups -OCH3 is 2. The van der Waals surface area contributed by atoms with Gasteiger partial charge in [0.05, 0.1) is 25.7 Å². The van der Waals surface area contributed by atoms with Crippen LogP contribution in [-0.2, 0) is 23.8 Å². The third-order valence-electron chi connectivity index (χ3n) is 2.74. The van der Waals surface area contributed by atoms with Crippen molar-refractivity contribution in [2.75, 3.05) is 38.9 Å². The Hall–Kier alpha value is -0.790. The predicted molar refractivity (Wildman–Crippen MR) is 81.7 cm³/mol. The van der Waals surface area contributed by atoms with Gasteiger partial charge in [-0.1, -0.05) is 0 Å². The lowest BCUT2D eigenvalue weighted by Crippen LogP contribution is -2.20. The van der Waals surface area contributed by atoms with Gasteiger partial charge in [-0.15, -0.1) is 0 Å². The highest BCUT2D eigenvalue weighted by Gasteiger charge is 2.08. The highest BCUT2D eigenvalue weighted by molar-refractivity contribution is 7.99. The number of unbranched alkanes of at least 4 members (excludes halogenated alkanes) is 2. The van der Waals surface area contributed by atoms with Crippen LogP contribution in [0.3, 0.4) is 0 Å². The van der Waals surface area contributed by atoms with Crippen LogP contribution < -0.4 is 0 Å². The summed E-state index contributed by atoms with van der Waals surface area (Å²) < 4.78 is 15.3. The molecule has 1 N–H and O–H groups in total. The number of thioether (sulfide) groups is 1. The summed E-state index contributed by atoms with van der Waals surface area (Å²) >= 11 is 1.63. The van der Waals surface area contributed by atoms with Gasteiger partial charge in [0.25, 0.3) is 0 Å². The predicted octanol–water partition coefficient (Wildman–Crippen LogP) is 1.96. The van der Waals surface area contributed by atoms with Crippen molar-refractivity contribution in [2.24, 2.45) is 0 Å². The number of rotatable bonds is 14. The molecule has 1 unspecified atom stereocenters. The third-order valence-corrected chi connectivity index (χ3v) is 3.84. The molecule has 0 heterocycles. The second-order valence-electron chi connectivity index (χ2n) is 4.56. The summed E-state index contributed by atoms with van der Waals surface area (Å²) in [6.45, 7) is 0.914. The van der Waals surface area contributed by atoms with E-state index >= 15 is 0 Å². The summed E-state index contributed by atoms with van der Waals surface area (Å²) in [5, 5.41) is 8.46. The maximum atomic E-state index is 11.4. The molecule has 0 aromatic heterocycles. The minimum atomic E-state index is -0.785. The molecule has 0 aromatic rings. The van der Waals surface area contributed by atoms with Gasteiger partial charge in [0.2, 0.25) is 0 Å². The maximum absolute atomic E-state index is 11.4. The first-order chi connectivity index (χ1) is 10.1. The molecule has 7 heteroatoms. The smallest absolute Gasteiger partial charge is 0.306 e. The fourth-order valence-corrected chi connectivity index (χ4v) is 2.53. The zero-order valence-corrected chi connectivity index (χ0v) is 13.7. The molecule has 1 atom stereocenters. The first-order valence-corrected chi connectivity index (χ1v) is 8.22. The minimum absolute atomic E-state index is 0.0465. The Kier molecular flexibility index (Phi) is 13.6. The van der Waals surface area contributed by atoms with Crippen LogP contribution in [0.15, 0.2) is 0 Å². The largest absolute Gasteiger partial charge is 0.481 e. The Morgan fingerprint density at radius 2 is 1.90 bits per heavy atom. The van der Waals surface area contributed by atoms with Crippen LogP contribution in [0.1, 0.15) is 32.1 Å². The molecular formula is C14H26O6S. The second-order valence-corrected chi connectivity index (χ2v) is 5.71. The van der Waals surface area contributed by atoms with E-state index < -0.39 is 5.97 Å². The van der Waals surface area contributed by atoms with Crippen LogP contribution in [0, 0.1) is 0 Å². The number of hydrogen-bond acceptors (Lipinski definition) is 6. The molecule has 0 spiro atoms. The van der Waals surface area contributed by atoms with E-state index in [0.29, 0.717) is 38.2 Å². The van der Waals surface area contributed by atoms with Crippen molar-refractivity contribution in [3.63, 3.8) is 0 Å². The Morgan fingerprint density at radius 1 is 1.14 bits per heavy atom. The summed E-state index contributed by atoms with van der Waals surface area (Å²) in [5.41, 5.74) is 0. The highest BCUT2D eigenvalue weighted by atomic mass is 32.2. The molecule has 0 aromatic carbocycles. The monoisotopic (exact) mass is 322 g/mol. The Balaban J connectivity index is 3.40. The zero-order valence-electron chi connectivity index (χ0n) is 12.8. The molecule has 0 amide bonds. The molecule has 0 fully saturated rings. The molecule has 0 aliphatic heterocycles. The molecule has 124 valence electrons. The van der Waals surface area contributed by atoms with Crippen LogP contribution in [0.4, 0.5) is 0 Å². The Labute approximate surface area is 130 Å². The van der Waals surface area contributed by atoms with Crippen molar-refractivity contribution in [3.8, 4) is 0 Å². The van der Waals surface area contributed by atoms with E-state index in [4.69, 9.17) is 19.3 Å². The van der Waals surface area contributed by atoms with E-state index in [0.717, 1.165) is 12.2 Å². The molecule has 0 aliphatic rings. The van der Waals surface area contributed by atoms with Crippen molar-refractivity contribution in [1.82, 2.24) is 0 Å². The number of esters is 1. The van der Waals surface area contributed by atoms with E-state index in [2.05, 4.69) is 0 Å². The van der Waals surface area contributed by atoms with E-state index in [1.165, 1.54) is 0 Å². The van der Waals surface area contributed by atoms with E-state index in [1.54, 1.807) is 26.0 Å². The summed E-state index contributed by atoms with van der Waals surface area (Å²) in [7, 11) is 3.27. The summed E-state index contributed by atoms with van der Waals surface area (Å²) in [6.07, 6.45) is 2.70. The fraction of sp³-hybridized carbons (Fsp3) is 0.857. The van der Waals surface area contributed by atoms with Crippen LogP contribution in [0.5, 0.6) is 0 Å². The average molecular weight is 322 g/mol. The number of hydrogen-bond donors (Lipinski definition) is 1. The van der Waals surface area contributed by atoms with Crippen LogP contribution >= 0.6 is 11.8 Å². The Morgan fingerprint density at radius 3 is 2.52 bits per heavy atom. The summed E-state index contributed by atoms with van der Waals surface area (Å²) in [4.78, 5) is 21.7. The van der Waals surface area contributed by atoms with Crippen molar-refractivity contribution in [1.29, 1.82) is 0 Å². The van der Waals surface area contributed by atoms with Gasteiger partial charge in [0.1, 0.15) is 0 Å². The van der Waals surface area contributed by atoms with Gasteiger partial charge >= 0.3 is 11.9 Å². The van der Waals surface area contributed by atoms with Crippen LogP contribution in [0.25, 0.3) is 0 Å². The summed E-state index contributed by atoms with van der Waals surface area (Å²) in [5.74, 6) is 0.488. The quantitative estimate of drug-likeness (QED) is 0.387. The van der Waals surface area contributed by atoms with Crippen molar-refractivity contribution in [2.45, 2.75) is 38.2 Å². The fourth-order valence-electron chi connectivity index (χ4n) is 1.55. The molecular weight excluding hydrogens is 296 g/mol. The lowest BCUT2D eigenvalue weighted by Gasteiger charge is -2.13. The van der Waals surface area contributed by atoms with E-state index in [9.17, 15) is 9.59 Å². The minimum Gasteiger partial charge on any atom is -0.481 e. The number of carboxylic acid groups (broad SMARTS) is 1. The summed E-state index contributed by atoms with van der Waals surface area (Å²) in [6, 6.07) is 0. The van der Waals surface area contributed by atoms with Crippen molar-refractivity contribution >= 4 is 23.7 Å². The van der Waals surface area contributed by atoms with Gasteiger partial charge in [-0.05, 0) is 19.3 Å². The van der Waals surface area contributed by atoms with Gasteiger partial charge in [-0.25, -0.2) is 0 Å². The first kappa shape index (κ1) is 20.2. The van der Waals surface area contributed by atoms with Gasteiger partial charge in [0, 0.05) is 32.1 Å². The number of carbonyl (C=O) groups excluding carboxylic acids is 1. The molecule has 0 bridgehead atoms. The van der Waals surface area contributed by atoms with Gasteiger partial charge in [0.15, 0.2) is 0 Å². The van der Waals surface area contributed by atoms with Gasteiger partial charge < -0.3 is 19.3 Å². The topological polar surface area (TPSA) is 82.1 Å². The number of ether oxygens (including phenoxy) is 3. The maximum Gasteiger partial charge on any atom is 0.306 e. The van der Waals surface area contributed by atoms with Crippen LogP contribution in [0.2, 0.25) is 0 Å². The molecule has 0 saturated heterocycles. The first-order valence-electron chi connectivity index (χ1n) is 7.07. The molecule has 6 nitrogen and oxygen atoms in total. The number of carboxylic acids is 1. The van der Waals surface area contributed by atoms with E-state index in [1.807, 2.05) is 0 Å². The Bertz CT molecular complexity index is 285. The van der Waals surface area contributed by atoms with Gasteiger partial charge in [-0.2, -0.15) is 11.8 Å². The van der Waals surface area contributed by atoms with Crippen molar-refractivity contribution in [3.05, 3.63) is 0 Å². The number of aliphatic carboxylic acids is 1. The van der Waals surface area contributed by atoms with Crippen LogP contribution in [-0.4, -0.2) is 62.1 Å². The lowest BCUT2D eigenvalue weighted by molar-refractivity contribution is -0.143. The highest BCUT2D eigenvalue weighted by Crippen LogP contribution is 2.08. The SMILES string of the molecule is COCC(CSCCC(=O)OCCCCCC(=O)O)OC. The molecule has 0 rings (SSSR count). The van der Waals surface area contributed by atoms with E-state index in [-0.39, 0.29) is 18.5 Å². The number of carbonyl (C=O) groups is 2. The average Bonchev–Trinajstić information content (AvgIpc) is 2.45. The molecule has 0 saturated carbocycles. The standard InChI is InChI=1S/C14H26O6S/c1-18-10-12(19-2)11-21-9-7-14(17)20-8-5-3-4-6-13(15)16/h12H,3-11H2,1-2H3,(H,15,16). The zero-order chi connectivity index (χ0) is 15.9.